The number of carbonyl (C=O) groups excluding carboxylic acids is 1. The summed E-state index contributed by atoms with van der Waals surface area (Å²) in [5, 5.41) is 0. The molecule has 3 heteroatoms. The van der Waals surface area contributed by atoms with Crippen molar-refractivity contribution in [1.82, 2.24) is 0 Å². The maximum atomic E-state index is 11.5. The van der Waals surface area contributed by atoms with Gasteiger partial charge in [-0.15, -0.1) is 0 Å². The molecule has 2 bridgehead atoms. The first-order chi connectivity index (χ1) is 9.20. The van der Waals surface area contributed by atoms with E-state index in [-0.39, 0.29) is 11.6 Å². The van der Waals surface area contributed by atoms with E-state index in [1.165, 1.54) is 32.1 Å². The lowest BCUT2D eigenvalue weighted by molar-refractivity contribution is -0.166. The van der Waals surface area contributed by atoms with Gasteiger partial charge in [0.15, 0.2) is 0 Å². The zero-order valence-corrected chi connectivity index (χ0v) is 11.8. The largest absolute Gasteiger partial charge is 0.459 e. The van der Waals surface area contributed by atoms with E-state index in [9.17, 15) is 4.79 Å². The van der Waals surface area contributed by atoms with Gasteiger partial charge in [-0.3, -0.25) is 4.79 Å². The van der Waals surface area contributed by atoms with Gasteiger partial charge in [0.2, 0.25) is 0 Å². The fourth-order valence-electron chi connectivity index (χ4n) is 5.62. The number of fused-ring (bicyclic) bond motifs is 5. The van der Waals surface area contributed by atoms with E-state index in [1.54, 1.807) is 6.92 Å². The van der Waals surface area contributed by atoms with Gasteiger partial charge in [0.05, 0.1) is 12.2 Å². The summed E-state index contributed by atoms with van der Waals surface area (Å²) in [6.45, 7) is 1.56. The maximum Gasteiger partial charge on any atom is 0.303 e. The minimum Gasteiger partial charge on any atom is -0.459 e. The molecular formula is C16H24O3. The summed E-state index contributed by atoms with van der Waals surface area (Å²) in [5.74, 6) is 1.95. The third-order valence-electron chi connectivity index (χ3n) is 6.21. The molecule has 2 saturated carbocycles. The quantitative estimate of drug-likeness (QED) is 0.719. The van der Waals surface area contributed by atoms with E-state index in [0.29, 0.717) is 18.1 Å². The highest BCUT2D eigenvalue weighted by Gasteiger charge is 2.62. The minimum atomic E-state index is -0.182. The van der Waals surface area contributed by atoms with Crippen LogP contribution in [-0.2, 0) is 14.3 Å². The molecule has 2 heterocycles. The predicted octanol–water partition coefficient (Wildman–Crippen LogP) is 3.07. The number of hydrogen-bond donors (Lipinski definition) is 0. The Hall–Kier alpha value is -0.570. The molecule has 106 valence electrons. The molecule has 4 rings (SSSR count). The fraction of sp³-hybridized carbons (Fsp3) is 0.938. The van der Waals surface area contributed by atoms with Crippen LogP contribution in [0.2, 0.25) is 0 Å². The zero-order chi connectivity index (χ0) is 13.0. The first-order valence-electron chi connectivity index (χ1n) is 8.05. The maximum absolute atomic E-state index is 11.5. The van der Waals surface area contributed by atoms with Gasteiger partial charge in [0, 0.05) is 12.8 Å². The van der Waals surface area contributed by atoms with E-state index < -0.39 is 0 Å². The Morgan fingerprint density at radius 2 is 1.89 bits per heavy atom. The normalized spacial score (nSPS) is 46.5. The van der Waals surface area contributed by atoms with E-state index in [4.69, 9.17) is 9.47 Å². The summed E-state index contributed by atoms with van der Waals surface area (Å²) in [6, 6.07) is 0. The number of rotatable bonds is 2. The van der Waals surface area contributed by atoms with Crippen molar-refractivity contribution in [3.63, 3.8) is 0 Å². The van der Waals surface area contributed by atoms with Crippen LogP contribution in [0.3, 0.4) is 0 Å². The van der Waals surface area contributed by atoms with Crippen LogP contribution < -0.4 is 0 Å². The minimum absolute atomic E-state index is 0.104. The molecule has 2 aliphatic carbocycles. The van der Waals surface area contributed by atoms with Gasteiger partial charge < -0.3 is 9.47 Å². The second-order valence-electron chi connectivity index (χ2n) is 7.11. The highest BCUT2D eigenvalue weighted by atomic mass is 16.6. The lowest BCUT2D eigenvalue weighted by atomic mass is 9.68. The molecule has 0 N–H and O–H groups in total. The Balaban J connectivity index is 1.60. The Kier molecular flexibility index (Phi) is 2.70. The average Bonchev–Trinajstić information content (AvgIpc) is 3.10. The topological polar surface area (TPSA) is 35.5 Å². The van der Waals surface area contributed by atoms with Crippen LogP contribution in [0.4, 0.5) is 0 Å². The summed E-state index contributed by atoms with van der Waals surface area (Å²) < 4.78 is 12.1. The molecule has 3 nitrogen and oxygen atoms in total. The summed E-state index contributed by atoms with van der Waals surface area (Å²) in [4.78, 5) is 11.5. The number of esters is 1. The van der Waals surface area contributed by atoms with Crippen molar-refractivity contribution in [2.45, 2.75) is 76.1 Å². The molecule has 0 amide bonds. The van der Waals surface area contributed by atoms with Gasteiger partial charge in [0.25, 0.3) is 0 Å². The zero-order valence-electron chi connectivity index (χ0n) is 11.8. The Labute approximate surface area is 115 Å². The predicted molar refractivity (Wildman–Crippen MR) is 70.6 cm³/mol. The summed E-state index contributed by atoms with van der Waals surface area (Å²) in [5.41, 5.74) is -0.182. The van der Waals surface area contributed by atoms with Crippen molar-refractivity contribution in [3.8, 4) is 0 Å². The number of hydrogen-bond acceptors (Lipinski definition) is 3. The SMILES string of the molecule is CC(=O)OC1(C2CC3OC2C2CCCC32)CCCC1. The van der Waals surface area contributed by atoms with Gasteiger partial charge >= 0.3 is 5.97 Å². The molecule has 0 aromatic heterocycles. The van der Waals surface area contributed by atoms with Crippen molar-refractivity contribution >= 4 is 5.97 Å². The molecule has 5 atom stereocenters. The van der Waals surface area contributed by atoms with Crippen molar-refractivity contribution in [3.05, 3.63) is 0 Å². The van der Waals surface area contributed by atoms with E-state index >= 15 is 0 Å². The van der Waals surface area contributed by atoms with Crippen molar-refractivity contribution < 1.29 is 14.3 Å². The average molecular weight is 264 g/mol. The van der Waals surface area contributed by atoms with Crippen LogP contribution >= 0.6 is 0 Å². The van der Waals surface area contributed by atoms with Crippen LogP contribution in [-0.4, -0.2) is 23.8 Å². The fourth-order valence-corrected chi connectivity index (χ4v) is 5.62. The third kappa shape index (κ3) is 1.70. The molecule has 0 aromatic rings. The van der Waals surface area contributed by atoms with Crippen LogP contribution in [0, 0.1) is 17.8 Å². The molecule has 4 aliphatic rings. The highest BCUT2D eigenvalue weighted by molar-refractivity contribution is 5.66. The number of ether oxygens (including phenoxy) is 2. The third-order valence-corrected chi connectivity index (χ3v) is 6.21. The lowest BCUT2D eigenvalue weighted by Gasteiger charge is -2.40. The monoisotopic (exact) mass is 264 g/mol. The van der Waals surface area contributed by atoms with Crippen LogP contribution in [0.1, 0.15) is 58.3 Å². The van der Waals surface area contributed by atoms with Gasteiger partial charge in [-0.1, -0.05) is 6.42 Å². The Morgan fingerprint density at radius 3 is 2.63 bits per heavy atom. The first kappa shape index (κ1) is 12.2. The molecule has 2 saturated heterocycles. The number of carbonyl (C=O) groups is 1. The molecule has 4 fully saturated rings. The van der Waals surface area contributed by atoms with Gasteiger partial charge in [0.1, 0.15) is 5.60 Å². The van der Waals surface area contributed by atoms with Crippen molar-refractivity contribution in [2.75, 3.05) is 0 Å². The standard InChI is InChI=1S/C16H24O3/c1-10(17)19-16(7-2-3-8-16)13-9-14-11-5-4-6-12(11)15(13)18-14/h11-15H,2-9H2,1H3. The first-order valence-corrected chi connectivity index (χ1v) is 8.05. The highest BCUT2D eigenvalue weighted by Crippen LogP contribution is 2.59. The smallest absolute Gasteiger partial charge is 0.303 e. The second kappa shape index (κ2) is 4.21. The van der Waals surface area contributed by atoms with E-state index in [2.05, 4.69) is 0 Å². The van der Waals surface area contributed by atoms with Crippen LogP contribution in [0.15, 0.2) is 0 Å². The van der Waals surface area contributed by atoms with Crippen LogP contribution in [0.5, 0.6) is 0 Å². The summed E-state index contributed by atoms with van der Waals surface area (Å²) in [6.07, 6.45) is 10.6. The van der Waals surface area contributed by atoms with Crippen molar-refractivity contribution in [1.29, 1.82) is 0 Å². The van der Waals surface area contributed by atoms with Gasteiger partial charge in [-0.2, -0.15) is 0 Å². The second-order valence-corrected chi connectivity index (χ2v) is 7.11. The Bertz CT molecular complexity index is 385. The summed E-state index contributed by atoms with van der Waals surface area (Å²) in [7, 11) is 0. The molecule has 19 heavy (non-hydrogen) atoms. The molecule has 0 spiro atoms. The van der Waals surface area contributed by atoms with Crippen molar-refractivity contribution in [2.24, 2.45) is 17.8 Å². The van der Waals surface area contributed by atoms with Gasteiger partial charge in [-0.25, -0.2) is 0 Å². The summed E-state index contributed by atoms with van der Waals surface area (Å²) >= 11 is 0. The van der Waals surface area contributed by atoms with E-state index in [0.717, 1.165) is 31.1 Å². The van der Waals surface area contributed by atoms with E-state index in [1.807, 2.05) is 0 Å². The van der Waals surface area contributed by atoms with Gasteiger partial charge in [-0.05, 0) is 56.8 Å². The molecule has 5 unspecified atom stereocenters. The molecular weight excluding hydrogens is 240 g/mol. The van der Waals surface area contributed by atoms with Crippen LogP contribution in [0.25, 0.3) is 0 Å². The molecule has 2 aliphatic heterocycles. The Morgan fingerprint density at radius 1 is 1.16 bits per heavy atom. The molecule has 0 aromatic carbocycles. The molecule has 0 radical (unpaired) electrons. The lowest BCUT2D eigenvalue weighted by Crippen LogP contribution is -2.47.